The molecule has 1 heterocycles. The number of hydrogen-bond acceptors (Lipinski definition) is 4. The number of thioether (sulfide) groups is 1. The number of nitrogens with zero attached hydrogens (tertiary/aromatic N) is 2. The Hall–Kier alpha value is -2.40. The molecule has 0 unspecified atom stereocenters. The van der Waals surface area contributed by atoms with Crippen molar-refractivity contribution in [1.82, 2.24) is 4.90 Å². The van der Waals surface area contributed by atoms with E-state index in [1.165, 1.54) is 92.2 Å². The molecule has 44 heavy (non-hydrogen) atoms. The maximum atomic E-state index is 12.6. The summed E-state index contributed by atoms with van der Waals surface area (Å²) in [7, 11) is 0. The van der Waals surface area contributed by atoms with Gasteiger partial charge in [-0.3, -0.25) is 4.79 Å². The number of unbranched alkanes of at least 4 members (excludes halogenated alkanes) is 11. The van der Waals surface area contributed by atoms with Crippen LogP contribution in [0.3, 0.4) is 0 Å². The maximum Gasteiger partial charge on any atom is 0.223 e. The predicted molar refractivity (Wildman–Crippen MR) is 192 cm³/mol. The molecular weight excluding hydrogens is 561 g/mol. The predicted octanol–water partition coefficient (Wildman–Crippen LogP) is 11.0. The van der Waals surface area contributed by atoms with Crippen molar-refractivity contribution in [2.75, 3.05) is 23.9 Å². The first-order valence-electron chi connectivity index (χ1n) is 17.4. The van der Waals surface area contributed by atoms with Gasteiger partial charge in [0.05, 0.1) is 12.5 Å². The highest BCUT2D eigenvalue weighted by Crippen LogP contribution is 2.33. The summed E-state index contributed by atoms with van der Waals surface area (Å²) < 4.78 is 6.42. The van der Waals surface area contributed by atoms with Crippen LogP contribution in [0, 0.1) is 0 Å². The van der Waals surface area contributed by atoms with Crippen molar-refractivity contribution in [3.63, 3.8) is 0 Å². The van der Waals surface area contributed by atoms with E-state index in [-0.39, 0.29) is 11.3 Å². The van der Waals surface area contributed by atoms with Crippen LogP contribution >= 0.6 is 11.8 Å². The van der Waals surface area contributed by atoms with Crippen molar-refractivity contribution in [1.29, 1.82) is 0 Å². The molecule has 5 heteroatoms. The lowest BCUT2D eigenvalue weighted by Crippen LogP contribution is -2.30. The first-order valence-corrected chi connectivity index (χ1v) is 18.3. The minimum Gasteiger partial charge on any atom is -0.493 e. The molecule has 2 aromatic carbocycles. The Balaban J connectivity index is 1.47. The Kier molecular flexibility index (Phi) is 15.7. The van der Waals surface area contributed by atoms with Crippen LogP contribution in [0.4, 0.5) is 5.69 Å². The number of anilines is 1. The molecule has 1 aliphatic rings. The number of ether oxygens (including phenoxy) is 1. The van der Waals surface area contributed by atoms with Crippen molar-refractivity contribution in [3.8, 4) is 5.75 Å². The van der Waals surface area contributed by atoms with E-state index >= 15 is 0 Å². The van der Waals surface area contributed by atoms with Crippen LogP contribution in [-0.4, -0.2) is 29.8 Å². The Morgan fingerprint density at radius 1 is 0.864 bits per heavy atom. The molecule has 0 saturated heterocycles. The number of hydrogen-bond donors (Lipinski definition) is 0. The molecule has 0 fully saturated rings. The number of carbonyl (C=O) groups is 1. The van der Waals surface area contributed by atoms with Gasteiger partial charge in [0.25, 0.3) is 0 Å². The van der Waals surface area contributed by atoms with E-state index in [1.807, 2.05) is 16.7 Å². The summed E-state index contributed by atoms with van der Waals surface area (Å²) in [6.45, 7) is 15.2. The highest BCUT2D eigenvalue weighted by atomic mass is 32.2. The molecule has 0 atom stereocenters. The highest BCUT2D eigenvalue weighted by Gasteiger charge is 2.20. The van der Waals surface area contributed by atoms with Crippen LogP contribution in [-0.2, 0) is 23.2 Å². The summed E-state index contributed by atoms with van der Waals surface area (Å²) >= 11 is 1.88. The van der Waals surface area contributed by atoms with Crippen LogP contribution < -0.4 is 9.64 Å². The molecule has 0 aliphatic carbocycles. The lowest BCUT2D eigenvalue weighted by molar-refractivity contribution is -0.116. The van der Waals surface area contributed by atoms with Crippen LogP contribution in [0.15, 0.2) is 53.6 Å². The zero-order valence-corrected chi connectivity index (χ0v) is 29.6. The van der Waals surface area contributed by atoms with E-state index in [0.29, 0.717) is 6.54 Å². The molecule has 0 saturated carbocycles. The standard InChI is InChI=1S/C39H60N2O2S/c1-7-8-9-10-11-12-13-14-15-16-17-18-27-43-38-28-34(21-24-37(38)39(4,5)6)25-26-41(33(3)42)36-22-19-35(20-23-36)30-40-29-32(2)44-31-40/h19-24,28-29H,7-18,25-27,30-31H2,1-6H3. The third-order valence-electron chi connectivity index (χ3n) is 8.57. The summed E-state index contributed by atoms with van der Waals surface area (Å²) in [4.78, 5) is 18.2. The molecular formula is C39H60N2O2S. The Morgan fingerprint density at radius 3 is 2.00 bits per heavy atom. The number of allylic oxidation sites excluding steroid dienone is 1. The highest BCUT2D eigenvalue weighted by molar-refractivity contribution is 8.03. The van der Waals surface area contributed by atoms with Gasteiger partial charge in [-0.25, -0.2) is 0 Å². The first kappa shape index (κ1) is 36.1. The van der Waals surface area contributed by atoms with Crippen LogP contribution in [0.25, 0.3) is 0 Å². The number of rotatable bonds is 20. The quantitative estimate of drug-likeness (QED) is 0.138. The minimum atomic E-state index is 0.0137. The van der Waals surface area contributed by atoms with Crippen molar-refractivity contribution < 1.29 is 9.53 Å². The lowest BCUT2D eigenvalue weighted by Gasteiger charge is -2.25. The summed E-state index contributed by atoms with van der Waals surface area (Å²) in [6, 6.07) is 15.1. The van der Waals surface area contributed by atoms with E-state index in [9.17, 15) is 4.79 Å². The van der Waals surface area contributed by atoms with E-state index in [2.05, 4.69) is 88.2 Å². The van der Waals surface area contributed by atoms with Gasteiger partial charge in [-0.1, -0.05) is 123 Å². The van der Waals surface area contributed by atoms with Gasteiger partial charge in [-0.05, 0) is 65.0 Å². The molecule has 0 spiro atoms. The van der Waals surface area contributed by atoms with Gasteiger partial charge in [0.1, 0.15) is 5.75 Å². The average molecular weight is 621 g/mol. The molecule has 1 amide bonds. The Bertz CT molecular complexity index is 1150. The SMILES string of the molecule is CCCCCCCCCCCCCCOc1cc(CCN(C(C)=O)c2ccc(CN3C=C(C)SC3)cc2)ccc1C(C)(C)C. The number of amides is 1. The molecule has 0 bridgehead atoms. The van der Waals surface area contributed by atoms with Gasteiger partial charge in [-0.2, -0.15) is 0 Å². The van der Waals surface area contributed by atoms with Gasteiger partial charge < -0.3 is 14.5 Å². The van der Waals surface area contributed by atoms with Gasteiger partial charge >= 0.3 is 0 Å². The molecule has 2 aromatic rings. The van der Waals surface area contributed by atoms with E-state index < -0.39 is 0 Å². The van der Waals surface area contributed by atoms with E-state index in [1.54, 1.807) is 6.92 Å². The fourth-order valence-electron chi connectivity index (χ4n) is 5.92. The van der Waals surface area contributed by atoms with E-state index in [4.69, 9.17) is 4.74 Å². The summed E-state index contributed by atoms with van der Waals surface area (Å²) in [5.41, 5.74) is 4.69. The molecule has 1 aliphatic heterocycles. The molecule has 3 rings (SSSR count). The van der Waals surface area contributed by atoms with Gasteiger partial charge in [0.2, 0.25) is 5.91 Å². The maximum absolute atomic E-state index is 12.6. The smallest absolute Gasteiger partial charge is 0.223 e. The Morgan fingerprint density at radius 2 is 1.45 bits per heavy atom. The van der Waals surface area contributed by atoms with Crippen LogP contribution in [0.2, 0.25) is 0 Å². The molecule has 4 nitrogen and oxygen atoms in total. The number of carbonyl (C=O) groups excluding carboxylic acids is 1. The molecule has 0 aromatic heterocycles. The molecule has 0 radical (unpaired) electrons. The van der Waals surface area contributed by atoms with Gasteiger partial charge in [0.15, 0.2) is 0 Å². The average Bonchev–Trinajstić information content (AvgIpc) is 3.40. The first-order chi connectivity index (χ1) is 21.2. The van der Waals surface area contributed by atoms with Gasteiger partial charge in [0, 0.05) is 31.9 Å². The number of benzene rings is 2. The second-order valence-corrected chi connectivity index (χ2v) is 14.9. The monoisotopic (exact) mass is 620 g/mol. The van der Waals surface area contributed by atoms with Crippen molar-refractivity contribution >= 4 is 23.4 Å². The Labute approximate surface area is 274 Å². The van der Waals surface area contributed by atoms with Crippen molar-refractivity contribution in [2.45, 2.75) is 137 Å². The van der Waals surface area contributed by atoms with Gasteiger partial charge in [-0.15, -0.1) is 11.8 Å². The minimum absolute atomic E-state index is 0.0137. The third kappa shape index (κ3) is 12.9. The summed E-state index contributed by atoms with van der Waals surface area (Å²) in [5, 5.41) is 0. The fraction of sp³-hybridized carbons (Fsp3) is 0.615. The zero-order chi connectivity index (χ0) is 31.8. The lowest BCUT2D eigenvalue weighted by atomic mass is 9.85. The van der Waals surface area contributed by atoms with Crippen molar-refractivity contribution in [3.05, 3.63) is 70.3 Å². The largest absolute Gasteiger partial charge is 0.493 e. The molecule has 0 N–H and O–H groups in total. The summed E-state index contributed by atoms with van der Waals surface area (Å²) in [5.74, 6) is 2.08. The second kappa shape index (κ2) is 19.2. The fourth-order valence-corrected chi connectivity index (χ4v) is 6.68. The van der Waals surface area contributed by atoms with Crippen LogP contribution in [0.5, 0.6) is 5.75 Å². The zero-order valence-electron chi connectivity index (χ0n) is 28.8. The van der Waals surface area contributed by atoms with E-state index in [0.717, 1.165) is 43.3 Å². The van der Waals surface area contributed by atoms with Crippen LogP contribution in [0.1, 0.15) is 135 Å². The molecule has 244 valence electrons. The summed E-state index contributed by atoms with van der Waals surface area (Å²) in [6.07, 6.45) is 19.2. The topological polar surface area (TPSA) is 32.8 Å². The van der Waals surface area contributed by atoms with Crippen molar-refractivity contribution in [2.24, 2.45) is 0 Å². The second-order valence-electron chi connectivity index (χ2n) is 13.7. The normalized spacial score (nSPS) is 13.3. The third-order valence-corrected chi connectivity index (χ3v) is 9.59.